The summed E-state index contributed by atoms with van der Waals surface area (Å²) >= 11 is 0. The molecule has 2 atom stereocenters. The normalized spacial score (nSPS) is 17.3. The number of ether oxygens (including phenoxy) is 8. The molecule has 3 aromatic rings. The molecule has 0 spiro atoms. The van der Waals surface area contributed by atoms with E-state index in [2.05, 4.69) is 10.5 Å². The van der Waals surface area contributed by atoms with Crippen LogP contribution in [0.4, 0.5) is 5.69 Å². The molecule has 3 heterocycles. The first-order chi connectivity index (χ1) is 25.0. The molecule has 0 bridgehead atoms. The second-order valence-electron chi connectivity index (χ2n) is 12.1. The number of carbonyl (C=O) groups excluding carboxylic acids is 1. The van der Waals surface area contributed by atoms with Crippen LogP contribution in [-0.4, -0.2) is 85.5 Å². The number of unbranched alkanes of at least 4 members (excludes halogenated alkanes) is 2. The standard InChI is InChI=1S/C38H45N3O10/c1-43-29-13-12-24(34(46-4)35(29)47-5)33-26(28-14-15-40-51-28)20-32(45-3)36(37(33)48-6)50-18-9-7-8-17-49-31-21-27-25(19-30(31)44-2)38(42)41-16-10-11-23(41)22-39-27/h12-15,19-23,28,40H,7-11,16-18H2,1-6H3/t23-,28?/m0/s1. The van der Waals surface area contributed by atoms with Crippen LogP contribution in [0.15, 0.2) is 47.6 Å². The second kappa shape index (κ2) is 16.2. The Balaban J connectivity index is 1.16. The van der Waals surface area contributed by atoms with Crippen LogP contribution in [0.5, 0.6) is 46.0 Å². The summed E-state index contributed by atoms with van der Waals surface area (Å²) in [4.78, 5) is 25.5. The first-order valence-corrected chi connectivity index (χ1v) is 17.0. The Morgan fingerprint density at radius 2 is 1.51 bits per heavy atom. The molecule has 3 aliphatic heterocycles. The van der Waals surface area contributed by atoms with Gasteiger partial charge in [0.05, 0.1) is 73.2 Å². The van der Waals surface area contributed by atoms with Crippen LogP contribution < -0.4 is 43.4 Å². The average Bonchev–Trinajstić information content (AvgIpc) is 3.86. The van der Waals surface area contributed by atoms with Gasteiger partial charge in [-0.2, -0.15) is 0 Å². The summed E-state index contributed by atoms with van der Waals surface area (Å²) in [5, 5.41) is 0. The molecule has 51 heavy (non-hydrogen) atoms. The molecular weight excluding hydrogens is 658 g/mol. The summed E-state index contributed by atoms with van der Waals surface area (Å²) in [6, 6.07) is 9.15. The maximum absolute atomic E-state index is 13.2. The van der Waals surface area contributed by atoms with Crippen molar-refractivity contribution in [2.75, 3.05) is 62.4 Å². The highest BCUT2D eigenvalue weighted by Gasteiger charge is 2.33. The number of amides is 1. The van der Waals surface area contributed by atoms with Gasteiger partial charge in [-0.15, -0.1) is 0 Å². The number of hydrogen-bond acceptors (Lipinski definition) is 12. The van der Waals surface area contributed by atoms with Gasteiger partial charge in [0.15, 0.2) is 34.5 Å². The van der Waals surface area contributed by atoms with Crippen molar-refractivity contribution in [1.29, 1.82) is 0 Å². The van der Waals surface area contributed by atoms with Gasteiger partial charge in [-0.1, -0.05) is 0 Å². The van der Waals surface area contributed by atoms with Gasteiger partial charge >= 0.3 is 0 Å². The molecule has 3 aromatic carbocycles. The summed E-state index contributed by atoms with van der Waals surface area (Å²) < 4.78 is 47.1. The molecule has 13 heteroatoms. The number of nitrogens with one attached hydrogen (secondary N) is 1. The Labute approximate surface area is 297 Å². The number of benzene rings is 3. The van der Waals surface area contributed by atoms with E-state index in [-0.39, 0.29) is 11.9 Å². The molecule has 0 aliphatic carbocycles. The Bertz CT molecular complexity index is 1790. The fourth-order valence-corrected chi connectivity index (χ4v) is 6.72. The van der Waals surface area contributed by atoms with Crippen molar-refractivity contribution in [3.05, 3.63) is 53.7 Å². The largest absolute Gasteiger partial charge is 0.493 e. The van der Waals surface area contributed by atoms with Crippen LogP contribution in [0.1, 0.15) is 54.1 Å². The van der Waals surface area contributed by atoms with Crippen LogP contribution in [0.25, 0.3) is 11.1 Å². The van der Waals surface area contributed by atoms with Crippen LogP contribution in [0.3, 0.4) is 0 Å². The summed E-state index contributed by atoms with van der Waals surface area (Å²) in [6.07, 6.45) is 9.28. The first-order valence-electron chi connectivity index (χ1n) is 17.0. The van der Waals surface area contributed by atoms with E-state index in [1.54, 1.807) is 61.0 Å². The number of nitrogens with zero attached hydrogens (tertiary/aromatic N) is 2. The molecule has 272 valence electrons. The lowest BCUT2D eigenvalue weighted by molar-refractivity contribution is 0.0470. The van der Waals surface area contributed by atoms with E-state index in [4.69, 9.17) is 42.7 Å². The molecule has 1 N–H and O–H groups in total. The maximum atomic E-state index is 13.2. The van der Waals surface area contributed by atoms with Crippen LogP contribution in [-0.2, 0) is 4.84 Å². The Morgan fingerprint density at radius 3 is 2.20 bits per heavy atom. The van der Waals surface area contributed by atoms with E-state index < -0.39 is 6.10 Å². The minimum atomic E-state index is -0.447. The molecule has 6 rings (SSSR count). The second-order valence-corrected chi connectivity index (χ2v) is 12.1. The van der Waals surface area contributed by atoms with Gasteiger partial charge in [-0.25, -0.2) is 0 Å². The average molecular weight is 704 g/mol. The van der Waals surface area contributed by atoms with Gasteiger partial charge in [0, 0.05) is 41.7 Å². The fourth-order valence-electron chi connectivity index (χ4n) is 6.72. The third kappa shape index (κ3) is 7.03. The molecule has 1 fully saturated rings. The van der Waals surface area contributed by atoms with Crippen LogP contribution in [0, 0.1) is 0 Å². The smallest absolute Gasteiger partial charge is 0.256 e. The van der Waals surface area contributed by atoms with Crippen LogP contribution >= 0.6 is 0 Å². The van der Waals surface area contributed by atoms with Gasteiger partial charge in [-0.05, 0) is 62.4 Å². The molecule has 0 radical (unpaired) electrons. The lowest BCUT2D eigenvalue weighted by atomic mass is 9.92. The van der Waals surface area contributed by atoms with E-state index in [0.29, 0.717) is 81.6 Å². The highest BCUT2D eigenvalue weighted by molar-refractivity contribution is 6.03. The molecular formula is C38H45N3O10. The number of methoxy groups -OCH3 is 6. The number of carbonyl (C=O) groups is 1. The topological polar surface area (TPSA) is 128 Å². The van der Waals surface area contributed by atoms with Gasteiger partial charge < -0.3 is 42.8 Å². The van der Waals surface area contributed by atoms with Gasteiger partial charge in [0.2, 0.25) is 11.5 Å². The number of fused-ring (bicyclic) bond motifs is 2. The minimum absolute atomic E-state index is 0.0200. The van der Waals surface area contributed by atoms with Crippen molar-refractivity contribution in [2.45, 2.75) is 44.2 Å². The van der Waals surface area contributed by atoms with Crippen molar-refractivity contribution in [1.82, 2.24) is 10.4 Å². The summed E-state index contributed by atoms with van der Waals surface area (Å²) in [6.45, 7) is 1.59. The maximum Gasteiger partial charge on any atom is 0.256 e. The third-order valence-corrected chi connectivity index (χ3v) is 9.22. The lowest BCUT2D eigenvalue weighted by Gasteiger charge is -2.24. The summed E-state index contributed by atoms with van der Waals surface area (Å²) in [5.41, 5.74) is 6.09. The quantitative estimate of drug-likeness (QED) is 0.166. The Hall–Kier alpha value is -5.30. The van der Waals surface area contributed by atoms with Gasteiger partial charge in [0.1, 0.15) is 6.10 Å². The lowest BCUT2D eigenvalue weighted by Crippen LogP contribution is -2.35. The van der Waals surface area contributed by atoms with E-state index in [0.717, 1.165) is 44.2 Å². The zero-order chi connectivity index (χ0) is 35.9. The third-order valence-electron chi connectivity index (χ3n) is 9.22. The highest BCUT2D eigenvalue weighted by Crippen LogP contribution is 2.54. The molecule has 3 aliphatic rings. The van der Waals surface area contributed by atoms with Gasteiger partial charge in [-0.3, -0.25) is 20.1 Å². The van der Waals surface area contributed by atoms with E-state index >= 15 is 0 Å². The first kappa shape index (κ1) is 35.5. The number of hydrogen-bond donors (Lipinski definition) is 1. The van der Waals surface area contributed by atoms with Crippen molar-refractivity contribution in [2.24, 2.45) is 4.99 Å². The molecule has 1 amide bonds. The van der Waals surface area contributed by atoms with Crippen LogP contribution in [0.2, 0.25) is 0 Å². The minimum Gasteiger partial charge on any atom is -0.493 e. The molecule has 0 aromatic heterocycles. The number of aliphatic imine (C=N–C) groups is 1. The van der Waals surface area contributed by atoms with E-state index in [1.807, 2.05) is 35.4 Å². The summed E-state index contributed by atoms with van der Waals surface area (Å²) in [5.74, 6) is 3.88. The molecule has 1 unspecified atom stereocenters. The predicted molar refractivity (Wildman–Crippen MR) is 191 cm³/mol. The molecule has 0 saturated carbocycles. The zero-order valence-corrected chi connectivity index (χ0v) is 29.9. The Morgan fingerprint density at radius 1 is 0.765 bits per heavy atom. The predicted octanol–water partition coefficient (Wildman–Crippen LogP) is 6.44. The van der Waals surface area contributed by atoms with E-state index in [9.17, 15) is 4.79 Å². The van der Waals surface area contributed by atoms with E-state index in [1.165, 1.54) is 0 Å². The zero-order valence-electron chi connectivity index (χ0n) is 29.9. The monoisotopic (exact) mass is 703 g/mol. The Kier molecular flexibility index (Phi) is 11.2. The summed E-state index contributed by atoms with van der Waals surface area (Å²) in [7, 11) is 9.46. The van der Waals surface area contributed by atoms with Crippen molar-refractivity contribution < 1.29 is 47.5 Å². The fraction of sp³-hybridized carbons (Fsp3) is 0.421. The SMILES string of the molecule is COc1cc2c(cc1OCCCCCOc1c(OC)cc(C3C=CNO3)c(-c3ccc(OC)c(OC)c3OC)c1OC)N=C[C@@H]1CCCN1C2=O. The van der Waals surface area contributed by atoms with Crippen molar-refractivity contribution in [3.63, 3.8) is 0 Å². The molecule has 1 saturated heterocycles. The van der Waals surface area contributed by atoms with Crippen molar-refractivity contribution in [3.8, 4) is 57.1 Å². The van der Waals surface area contributed by atoms with Gasteiger partial charge in [0.25, 0.3) is 5.91 Å². The number of rotatable bonds is 16. The highest BCUT2D eigenvalue weighted by atomic mass is 16.7. The van der Waals surface area contributed by atoms with Crippen molar-refractivity contribution >= 4 is 17.8 Å². The number of hydroxylamine groups is 1. The molecule has 13 nitrogen and oxygen atoms in total.